The summed E-state index contributed by atoms with van der Waals surface area (Å²) in [5, 5.41) is 32.0. The summed E-state index contributed by atoms with van der Waals surface area (Å²) in [7, 11) is 0. The minimum absolute atomic E-state index is 0.183. The molecule has 8 heteroatoms. The highest BCUT2D eigenvalue weighted by Crippen LogP contribution is 2.30. The van der Waals surface area contributed by atoms with Crippen LogP contribution in [-0.2, 0) is 6.42 Å². The van der Waals surface area contributed by atoms with Gasteiger partial charge in [-0.05, 0) is 67.8 Å². The van der Waals surface area contributed by atoms with Crippen molar-refractivity contribution in [2.24, 2.45) is 0 Å². The fourth-order valence-corrected chi connectivity index (χ4v) is 4.51. The number of thioether (sulfide) groups is 1. The van der Waals surface area contributed by atoms with Gasteiger partial charge in [-0.2, -0.15) is 0 Å². The predicted octanol–water partition coefficient (Wildman–Crippen LogP) is 3.20. The Bertz CT molecular complexity index is 808. The molecule has 4 N–H and O–H groups in total. The van der Waals surface area contributed by atoms with Gasteiger partial charge in [-0.25, -0.2) is 4.79 Å². The first-order chi connectivity index (χ1) is 15.0. The van der Waals surface area contributed by atoms with Crippen molar-refractivity contribution in [1.82, 2.24) is 10.2 Å². The maximum Gasteiger partial charge on any atom is 0.407 e. The second kappa shape index (κ2) is 11.8. The Balaban J connectivity index is 1.29. The molecule has 1 fully saturated rings. The summed E-state index contributed by atoms with van der Waals surface area (Å²) in [6.45, 7) is 2.62. The summed E-state index contributed by atoms with van der Waals surface area (Å²) in [5.41, 5.74) is 1.23. The number of amides is 1. The molecule has 1 heterocycles. The maximum absolute atomic E-state index is 11.0. The molecule has 1 aliphatic rings. The highest BCUT2D eigenvalue weighted by molar-refractivity contribution is 8.00. The minimum Gasteiger partial charge on any atom is -0.508 e. The summed E-state index contributed by atoms with van der Waals surface area (Å²) < 4.78 is 5.50. The molecule has 1 aliphatic heterocycles. The summed E-state index contributed by atoms with van der Waals surface area (Å²) in [4.78, 5) is 13.7. The van der Waals surface area contributed by atoms with Gasteiger partial charge < -0.3 is 30.3 Å². The fourth-order valence-electron chi connectivity index (χ4n) is 3.39. The molecular formula is C23H30N2O5S. The maximum atomic E-state index is 11.0. The SMILES string of the molecule is O=C(O)N1CCC(Sc2ccc(CCNC[C@H](O)COc3ccc(O)cc3)cc2)CC1. The number of aliphatic hydroxyl groups is 1. The first kappa shape index (κ1) is 23.2. The number of aliphatic hydroxyl groups excluding tert-OH is 1. The van der Waals surface area contributed by atoms with Crippen LogP contribution in [0.1, 0.15) is 18.4 Å². The van der Waals surface area contributed by atoms with Crippen LogP contribution in [0.25, 0.3) is 0 Å². The molecule has 3 rings (SSSR count). The molecule has 0 radical (unpaired) electrons. The van der Waals surface area contributed by atoms with Gasteiger partial charge in [-0.15, -0.1) is 11.8 Å². The van der Waals surface area contributed by atoms with E-state index in [-0.39, 0.29) is 12.4 Å². The zero-order chi connectivity index (χ0) is 22.1. The van der Waals surface area contributed by atoms with Crippen molar-refractivity contribution in [2.75, 3.05) is 32.8 Å². The quantitative estimate of drug-likeness (QED) is 0.416. The number of carboxylic acid groups (broad SMARTS) is 1. The third-order valence-electron chi connectivity index (χ3n) is 5.19. The van der Waals surface area contributed by atoms with E-state index in [1.54, 1.807) is 24.3 Å². The number of carbonyl (C=O) groups is 1. The van der Waals surface area contributed by atoms with Gasteiger partial charge in [-0.1, -0.05) is 12.1 Å². The van der Waals surface area contributed by atoms with E-state index in [0.29, 0.717) is 30.6 Å². The van der Waals surface area contributed by atoms with Crippen LogP contribution in [0.3, 0.4) is 0 Å². The first-order valence-corrected chi connectivity index (χ1v) is 11.4. The molecule has 1 atom stereocenters. The summed E-state index contributed by atoms with van der Waals surface area (Å²) >= 11 is 1.83. The summed E-state index contributed by atoms with van der Waals surface area (Å²) in [5.74, 6) is 0.796. The van der Waals surface area contributed by atoms with Gasteiger partial charge in [0.05, 0.1) is 0 Å². The third kappa shape index (κ3) is 7.97. The van der Waals surface area contributed by atoms with Gasteiger partial charge in [0, 0.05) is 29.8 Å². The number of benzene rings is 2. The van der Waals surface area contributed by atoms with E-state index in [9.17, 15) is 15.0 Å². The molecule has 0 saturated carbocycles. The Kier molecular flexibility index (Phi) is 8.87. The van der Waals surface area contributed by atoms with E-state index < -0.39 is 12.2 Å². The number of ether oxygens (including phenoxy) is 1. The zero-order valence-corrected chi connectivity index (χ0v) is 18.3. The van der Waals surface area contributed by atoms with Gasteiger partial charge in [-0.3, -0.25) is 0 Å². The number of aromatic hydroxyl groups is 1. The van der Waals surface area contributed by atoms with Crippen LogP contribution in [0.15, 0.2) is 53.4 Å². The van der Waals surface area contributed by atoms with Crippen LogP contribution in [0.5, 0.6) is 11.5 Å². The molecule has 168 valence electrons. The molecule has 1 amide bonds. The second-order valence-electron chi connectivity index (χ2n) is 7.64. The lowest BCUT2D eigenvalue weighted by Gasteiger charge is -2.29. The van der Waals surface area contributed by atoms with Gasteiger partial charge in [0.15, 0.2) is 0 Å². The molecular weight excluding hydrogens is 416 g/mol. The van der Waals surface area contributed by atoms with Gasteiger partial charge in [0.1, 0.15) is 24.2 Å². The van der Waals surface area contributed by atoms with Crippen LogP contribution in [0.2, 0.25) is 0 Å². The Morgan fingerprint density at radius 3 is 2.45 bits per heavy atom. The Morgan fingerprint density at radius 2 is 1.81 bits per heavy atom. The normalized spacial score (nSPS) is 15.6. The number of nitrogens with zero attached hydrogens (tertiary/aromatic N) is 1. The number of likely N-dealkylation sites (tertiary alicyclic amines) is 1. The van der Waals surface area contributed by atoms with E-state index >= 15 is 0 Å². The van der Waals surface area contributed by atoms with Crippen molar-refractivity contribution in [3.8, 4) is 11.5 Å². The molecule has 7 nitrogen and oxygen atoms in total. The van der Waals surface area contributed by atoms with Gasteiger partial charge in [0.25, 0.3) is 0 Å². The topological polar surface area (TPSA) is 102 Å². The van der Waals surface area contributed by atoms with Crippen LogP contribution in [-0.4, -0.2) is 70.5 Å². The highest BCUT2D eigenvalue weighted by atomic mass is 32.2. The number of hydrogen-bond donors (Lipinski definition) is 4. The lowest BCUT2D eigenvalue weighted by atomic mass is 10.1. The van der Waals surface area contributed by atoms with Crippen LogP contribution in [0, 0.1) is 0 Å². The largest absolute Gasteiger partial charge is 0.508 e. The average Bonchev–Trinajstić information content (AvgIpc) is 2.78. The molecule has 0 unspecified atom stereocenters. The predicted molar refractivity (Wildman–Crippen MR) is 121 cm³/mol. The third-order valence-corrected chi connectivity index (χ3v) is 6.54. The van der Waals surface area contributed by atoms with Gasteiger partial charge in [0.2, 0.25) is 0 Å². The summed E-state index contributed by atoms with van der Waals surface area (Å²) in [6.07, 6.45) is 1.22. The lowest BCUT2D eigenvalue weighted by molar-refractivity contribution is 0.106. The number of phenolic OH excluding ortho intramolecular Hbond substituents is 1. The number of phenols is 1. The van der Waals surface area contributed by atoms with Crippen molar-refractivity contribution in [3.63, 3.8) is 0 Å². The molecule has 31 heavy (non-hydrogen) atoms. The van der Waals surface area contributed by atoms with Crippen LogP contribution in [0.4, 0.5) is 4.79 Å². The molecule has 2 aromatic carbocycles. The van der Waals surface area contributed by atoms with E-state index in [2.05, 4.69) is 29.6 Å². The molecule has 0 aliphatic carbocycles. The Morgan fingerprint density at radius 1 is 1.13 bits per heavy atom. The summed E-state index contributed by atoms with van der Waals surface area (Å²) in [6, 6.07) is 14.9. The molecule has 0 bridgehead atoms. The number of hydrogen-bond acceptors (Lipinski definition) is 6. The van der Waals surface area contributed by atoms with Gasteiger partial charge >= 0.3 is 6.09 Å². The number of piperidine rings is 1. The monoisotopic (exact) mass is 446 g/mol. The van der Waals surface area contributed by atoms with Crippen molar-refractivity contribution < 1.29 is 24.9 Å². The first-order valence-electron chi connectivity index (χ1n) is 10.5. The average molecular weight is 447 g/mol. The fraction of sp³-hybridized carbons (Fsp3) is 0.435. The lowest BCUT2D eigenvalue weighted by Crippen LogP contribution is -2.38. The van der Waals surface area contributed by atoms with Crippen molar-refractivity contribution in [3.05, 3.63) is 54.1 Å². The van der Waals surface area contributed by atoms with Crippen molar-refractivity contribution in [1.29, 1.82) is 0 Å². The van der Waals surface area contributed by atoms with Crippen LogP contribution >= 0.6 is 11.8 Å². The molecule has 0 spiro atoms. The van der Waals surface area contributed by atoms with Crippen LogP contribution < -0.4 is 10.1 Å². The molecule has 2 aromatic rings. The molecule has 1 saturated heterocycles. The van der Waals surface area contributed by atoms with E-state index in [1.807, 2.05) is 11.8 Å². The Labute approximate surface area is 187 Å². The Hall–Kier alpha value is -2.42. The number of nitrogens with one attached hydrogen (secondary N) is 1. The van der Waals surface area contributed by atoms with Crippen molar-refractivity contribution >= 4 is 17.9 Å². The smallest absolute Gasteiger partial charge is 0.407 e. The minimum atomic E-state index is -0.821. The number of rotatable bonds is 10. The van der Waals surface area contributed by atoms with Crippen molar-refractivity contribution in [2.45, 2.75) is 35.5 Å². The highest BCUT2D eigenvalue weighted by Gasteiger charge is 2.22. The zero-order valence-electron chi connectivity index (χ0n) is 17.4. The second-order valence-corrected chi connectivity index (χ2v) is 9.02. The van der Waals surface area contributed by atoms with E-state index in [1.165, 1.54) is 15.4 Å². The molecule has 0 aromatic heterocycles. The van der Waals surface area contributed by atoms with E-state index in [4.69, 9.17) is 9.84 Å². The standard InChI is InChI=1S/C23H30N2O5S/c26-18-3-5-20(6-4-18)30-16-19(27)15-24-12-9-17-1-7-21(8-2-17)31-22-10-13-25(14-11-22)23(28)29/h1-8,19,22,24,26-27H,9-16H2,(H,28,29)/t19-/m0/s1. The van der Waals surface area contributed by atoms with E-state index in [0.717, 1.165) is 25.8 Å².